The Labute approximate surface area is 75.5 Å². The normalized spacial score (nSPS) is 10.4. The molecule has 0 bridgehead atoms. The summed E-state index contributed by atoms with van der Waals surface area (Å²) >= 11 is 4.84. The van der Waals surface area contributed by atoms with E-state index in [1.807, 2.05) is 0 Å². The minimum Gasteiger partial charge on any atom is -0.385 e. The summed E-state index contributed by atoms with van der Waals surface area (Å²) in [5.41, 5.74) is 0. The summed E-state index contributed by atoms with van der Waals surface area (Å²) in [6.07, 6.45) is 1.67. The van der Waals surface area contributed by atoms with Crippen LogP contribution in [-0.4, -0.2) is 28.6 Å². The maximum atomic E-state index is 5.56. The lowest BCUT2D eigenvalue weighted by Gasteiger charge is -1.98. The van der Waals surface area contributed by atoms with Crippen LogP contribution in [0.1, 0.15) is 12.2 Å². The molecule has 1 rings (SSSR count). The van der Waals surface area contributed by atoms with Crippen molar-refractivity contribution in [2.24, 2.45) is 0 Å². The Morgan fingerprint density at radius 1 is 1.75 bits per heavy atom. The molecule has 0 amide bonds. The molecule has 6 heteroatoms. The second-order valence-electron chi connectivity index (χ2n) is 2.41. The second kappa shape index (κ2) is 4.22. The Kier molecular flexibility index (Phi) is 3.24. The average molecular weight is 188 g/mol. The number of nitrogens with one attached hydrogen (secondary N) is 1. The first kappa shape index (κ1) is 9.21. The van der Waals surface area contributed by atoms with Gasteiger partial charge in [-0.2, -0.15) is 5.10 Å². The van der Waals surface area contributed by atoms with Gasteiger partial charge in [-0.15, -0.1) is 0 Å². The topological polar surface area (TPSA) is 68.9 Å². The molecule has 1 aromatic heterocycles. The van der Waals surface area contributed by atoms with Crippen LogP contribution in [0, 0.1) is 4.77 Å². The summed E-state index contributed by atoms with van der Waals surface area (Å²) in [5, 5.41) is 6.57. The number of H-pyrrole nitrogens is 1. The Morgan fingerprint density at radius 3 is 3.00 bits per heavy atom. The van der Waals surface area contributed by atoms with Crippen molar-refractivity contribution in [3.8, 4) is 0 Å². The maximum absolute atomic E-state index is 5.56. The fourth-order valence-corrected chi connectivity index (χ4v) is 1.04. The number of rotatable bonds is 4. The van der Waals surface area contributed by atoms with Crippen LogP contribution in [0.4, 0.5) is 0 Å². The molecule has 68 valence electrons. The van der Waals surface area contributed by atoms with E-state index in [4.69, 9.17) is 22.8 Å². The minimum atomic E-state index is 0.447. The van der Waals surface area contributed by atoms with Gasteiger partial charge in [-0.1, -0.05) is 0 Å². The van der Waals surface area contributed by atoms with Gasteiger partial charge in [0.2, 0.25) is 4.77 Å². The third kappa shape index (κ3) is 2.05. The summed E-state index contributed by atoms with van der Waals surface area (Å²) in [6.45, 7) is 0.708. The highest BCUT2D eigenvalue weighted by molar-refractivity contribution is 7.71. The number of nitrogen functional groups attached to an aromatic ring is 1. The largest absolute Gasteiger partial charge is 0.385 e. The molecular weight excluding hydrogens is 176 g/mol. The Bertz CT molecular complexity index is 292. The fraction of sp³-hybridized carbons (Fsp3) is 0.667. The molecule has 0 radical (unpaired) electrons. The molecule has 0 aliphatic heterocycles. The molecule has 5 nitrogen and oxygen atoms in total. The van der Waals surface area contributed by atoms with Gasteiger partial charge >= 0.3 is 0 Å². The molecule has 0 aliphatic rings. The zero-order valence-electron chi connectivity index (χ0n) is 6.91. The first-order chi connectivity index (χ1) is 5.75. The zero-order chi connectivity index (χ0) is 8.97. The van der Waals surface area contributed by atoms with Crippen LogP contribution in [-0.2, 0) is 11.2 Å². The van der Waals surface area contributed by atoms with Gasteiger partial charge in [-0.3, -0.25) is 5.10 Å². The smallest absolute Gasteiger partial charge is 0.214 e. The van der Waals surface area contributed by atoms with E-state index < -0.39 is 0 Å². The van der Waals surface area contributed by atoms with Gasteiger partial charge in [-0.25, -0.2) is 4.68 Å². The van der Waals surface area contributed by atoms with Gasteiger partial charge in [-0.05, 0) is 18.6 Å². The summed E-state index contributed by atoms with van der Waals surface area (Å²) in [7, 11) is 1.67. The third-order valence-corrected chi connectivity index (χ3v) is 1.81. The lowest BCUT2D eigenvalue weighted by atomic mass is 10.3. The van der Waals surface area contributed by atoms with Crippen LogP contribution < -0.4 is 5.84 Å². The number of aryl methyl sites for hydroxylation is 1. The number of nitrogens with zero attached hydrogens (tertiary/aromatic N) is 2. The van der Waals surface area contributed by atoms with E-state index in [-0.39, 0.29) is 0 Å². The van der Waals surface area contributed by atoms with Crippen molar-refractivity contribution in [2.75, 3.05) is 19.6 Å². The number of ether oxygens (including phenoxy) is 1. The minimum absolute atomic E-state index is 0.447. The van der Waals surface area contributed by atoms with E-state index in [0.717, 1.165) is 18.7 Å². The molecule has 0 saturated heterocycles. The first-order valence-corrected chi connectivity index (χ1v) is 4.07. The number of hydrogen-bond acceptors (Lipinski definition) is 4. The van der Waals surface area contributed by atoms with Gasteiger partial charge < -0.3 is 10.6 Å². The number of nitrogens with two attached hydrogens (primary N) is 1. The molecule has 0 spiro atoms. The summed E-state index contributed by atoms with van der Waals surface area (Å²) in [5.74, 6) is 6.32. The maximum Gasteiger partial charge on any atom is 0.214 e. The molecule has 0 unspecified atom stereocenters. The number of methoxy groups -OCH3 is 1. The van der Waals surface area contributed by atoms with Crippen LogP contribution >= 0.6 is 12.2 Å². The van der Waals surface area contributed by atoms with Crippen LogP contribution in [0.5, 0.6) is 0 Å². The summed E-state index contributed by atoms with van der Waals surface area (Å²) in [4.78, 5) is 0. The van der Waals surface area contributed by atoms with Crippen molar-refractivity contribution in [1.82, 2.24) is 14.9 Å². The van der Waals surface area contributed by atoms with Gasteiger partial charge in [0.15, 0.2) is 5.82 Å². The van der Waals surface area contributed by atoms with Crippen molar-refractivity contribution in [2.45, 2.75) is 12.8 Å². The summed E-state index contributed by atoms with van der Waals surface area (Å²) in [6, 6.07) is 0. The highest BCUT2D eigenvalue weighted by atomic mass is 32.1. The molecule has 3 N–H and O–H groups in total. The van der Waals surface area contributed by atoms with Gasteiger partial charge in [0.05, 0.1) is 0 Å². The molecule has 0 fully saturated rings. The van der Waals surface area contributed by atoms with Crippen LogP contribution in [0.3, 0.4) is 0 Å². The van der Waals surface area contributed by atoms with Crippen LogP contribution in [0.15, 0.2) is 0 Å². The molecule has 1 aromatic rings. The van der Waals surface area contributed by atoms with E-state index in [0.29, 0.717) is 11.4 Å². The van der Waals surface area contributed by atoms with Crippen LogP contribution in [0.25, 0.3) is 0 Å². The predicted molar refractivity (Wildman–Crippen MR) is 47.8 cm³/mol. The Balaban J connectivity index is 2.52. The van der Waals surface area contributed by atoms with E-state index in [1.165, 1.54) is 4.68 Å². The lowest BCUT2D eigenvalue weighted by molar-refractivity contribution is 0.194. The number of aromatic nitrogens is 3. The predicted octanol–water partition coefficient (Wildman–Crippen LogP) is 0.233. The zero-order valence-corrected chi connectivity index (χ0v) is 7.73. The van der Waals surface area contributed by atoms with E-state index >= 15 is 0 Å². The lowest BCUT2D eigenvalue weighted by Crippen LogP contribution is -2.13. The van der Waals surface area contributed by atoms with Gasteiger partial charge in [0.1, 0.15) is 0 Å². The van der Waals surface area contributed by atoms with Crippen molar-refractivity contribution in [3.05, 3.63) is 10.6 Å². The fourth-order valence-electron chi connectivity index (χ4n) is 0.888. The molecule has 1 heterocycles. The Morgan fingerprint density at radius 2 is 2.50 bits per heavy atom. The third-order valence-electron chi connectivity index (χ3n) is 1.53. The SMILES string of the molecule is COCCCc1n[nH]c(=S)n1N. The number of hydrogen-bond donors (Lipinski definition) is 2. The number of aromatic amines is 1. The molecule has 12 heavy (non-hydrogen) atoms. The molecular formula is C6H12N4OS. The molecule has 0 atom stereocenters. The molecule has 0 aliphatic carbocycles. The van der Waals surface area contributed by atoms with Gasteiger partial charge in [0.25, 0.3) is 0 Å². The molecule has 0 saturated carbocycles. The van der Waals surface area contributed by atoms with E-state index in [9.17, 15) is 0 Å². The van der Waals surface area contributed by atoms with Gasteiger partial charge in [0, 0.05) is 20.1 Å². The standard InChI is InChI=1S/C6H12N4OS/c1-11-4-2-3-5-8-9-6(12)10(5)7/h2-4,7H2,1H3,(H,9,12). The quantitative estimate of drug-likeness (QED) is 0.403. The van der Waals surface area contributed by atoms with E-state index in [2.05, 4.69) is 10.2 Å². The van der Waals surface area contributed by atoms with Crippen molar-refractivity contribution < 1.29 is 4.74 Å². The van der Waals surface area contributed by atoms with Crippen molar-refractivity contribution >= 4 is 12.2 Å². The van der Waals surface area contributed by atoms with Crippen molar-refractivity contribution in [1.29, 1.82) is 0 Å². The Hall–Kier alpha value is -0.880. The van der Waals surface area contributed by atoms with Crippen molar-refractivity contribution in [3.63, 3.8) is 0 Å². The summed E-state index contributed by atoms with van der Waals surface area (Å²) < 4.78 is 6.72. The highest BCUT2D eigenvalue weighted by Crippen LogP contribution is 1.96. The highest BCUT2D eigenvalue weighted by Gasteiger charge is 2.01. The first-order valence-electron chi connectivity index (χ1n) is 3.66. The molecule has 0 aromatic carbocycles. The monoisotopic (exact) mass is 188 g/mol. The van der Waals surface area contributed by atoms with Crippen LogP contribution in [0.2, 0.25) is 0 Å². The van der Waals surface area contributed by atoms with E-state index in [1.54, 1.807) is 7.11 Å². The average Bonchev–Trinajstić information content (AvgIpc) is 2.36. The second-order valence-corrected chi connectivity index (χ2v) is 2.80.